The van der Waals surface area contributed by atoms with E-state index in [4.69, 9.17) is 21.1 Å². The summed E-state index contributed by atoms with van der Waals surface area (Å²) in [5.41, 5.74) is 1.51. The summed E-state index contributed by atoms with van der Waals surface area (Å²) in [5.74, 6) is -3.12. The van der Waals surface area contributed by atoms with Crippen LogP contribution in [0, 0.1) is 0 Å². The van der Waals surface area contributed by atoms with E-state index in [9.17, 15) is 9.59 Å². The van der Waals surface area contributed by atoms with Crippen molar-refractivity contribution in [3.63, 3.8) is 0 Å². The fraction of sp³-hybridized carbons (Fsp3) is 0.227. The summed E-state index contributed by atoms with van der Waals surface area (Å²) in [6, 6.07) is 18.7. The van der Waals surface area contributed by atoms with Crippen molar-refractivity contribution in [2.75, 3.05) is 18.1 Å². The van der Waals surface area contributed by atoms with Gasteiger partial charge in [0, 0.05) is 11.4 Å². The van der Waals surface area contributed by atoms with Crippen LogP contribution in [0.2, 0.25) is 5.28 Å². The fourth-order valence-corrected chi connectivity index (χ4v) is 3.04. The minimum absolute atomic E-state index is 0.0839. The van der Waals surface area contributed by atoms with Gasteiger partial charge in [0.15, 0.2) is 5.82 Å². The molecule has 0 fully saturated rings. The third kappa shape index (κ3) is 5.35. The van der Waals surface area contributed by atoms with Crippen LogP contribution >= 0.6 is 11.6 Å². The minimum Gasteiger partial charge on any atom is -0.465 e. The number of carbonyl (C=O) groups is 2. The number of halogens is 1. The van der Waals surface area contributed by atoms with Crippen LogP contribution in [0.1, 0.15) is 25.6 Å². The Labute approximate surface area is 184 Å². The van der Waals surface area contributed by atoms with Gasteiger partial charge in [0.25, 0.3) is 0 Å². The summed E-state index contributed by atoms with van der Waals surface area (Å²) in [5, 5.41) is -0.171. The van der Waals surface area contributed by atoms with E-state index in [2.05, 4.69) is 15.0 Å². The van der Waals surface area contributed by atoms with Gasteiger partial charge >= 0.3 is 11.9 Å². The van der Waals surface area contributed by atoms with E-state index in [-0.39, 0.29) is 30.3 Å². The third-order valence-corrected chi connectivity index (χ3v) is 4.31. The first-order valence-electron chi connectivity index (χ1n) is 9.70. The first-order valence-corrected chi connectivity index (χ1v) is 10.1. The van der Waals surface area contributed by atoms with Gasteiger partial charge < -0.3 is 9.47 Å². The molecule has 31 heavy (non-hydrogen) atoms. The Morgan fingerprint density at radius 3 is 1.77 bits per heavy atom. The third-order valence-electron chi connectivity index (χ3n) is 4.15. The van der Waals surface area contributed by atoms with Gasteiger partial charge in [-0.2, -0.15) is 9.97 Å². The SMILES string of the molecule is CCOC(=O)C(C(=O)OCC)c1nc(Cl)nc(N(c2ccccc2)c2ccccc2)n1. The topological polar surface area (TPSA) is 94.5 Å². The molecular weight excluding hydrogens is 420 g/mol. The van der Waals surface area contributed by atoms with Crippen LogP contribution < -0.4 is 4.90 Å². The van der Waals surface area contributed by atoms with E-state index in [1.54, 1.807) is 18.7 Å². The zero-order chi connectivity index (χ0) is 22.2. The van der Waals surface area contributed by atoms with Crippen molar-refractivity contribution in [3.8, 4) is 0 Å². The Hall–Kier alpha value is -3.52. The van der Waals surface area contributed by atoms with Gasteiger partial charge in [-0.1, -0.05) is 36.4 Å². The van der Waals surface area contributed by atoms with Crippen molar-refractivity contribution in [1.29, 1.82) is 0 Å². The lowest BCUT2D eigenvalue weighted by Gasteiger charge is -2.23. The number of nitrogens with zero attached hydrogens (tertiary/aromatic N) is 4. The van der Waals surface area contributed by atoms with Crippen molar-refractivity contribution in [2.45, 2.75) is 19.8 Å². The van der Waals surface area contributed by atoms with Crippen LogP contribution in [-0.2, 0) is 19.1 Å². The summed E-state index contributed by atoms with van der Waals surface area (Å²) in [4.78, 5) is 39.4. The van der Waals surface area contributed by atoms with E-state index in [1.807, 2.05) is 60.7 Å². The molecule has 0 saturated heterocycles. The van der Waals surface area contributed by atoms with Crippen molar-refractivity contribution < 1.29 is 19.1 Å². The lowest BCUT2D eigenvalue weighted by Crippen LogP contribution is -2.29. The molecular formula is C22H21ClN4O4. The molecule has 0 unspecified atom stereocenters. The Bertz CT molecular complexity index is 977. The molecule has 0 aliphatic heterocycles. The number of aromatic nitrogens is 3. The van der Waals surface area contributed by atoms with Crippen LogP contribution in [0.3, 0.4) is 0 Å². The molecule has 8 nitrogen and oxygen atoms in total. The lowest BCUT2D eigenvalue weighted by atomic mass is 10.1. The molecule has 2 aromatic carbocycles. The summed E-state index contributed by atoms with van der Waals surface area (Å²) in [6.45, 7) is 3.44. The number of ether oxygens (including phenoxy) is 2. The average Bonchev–Trinajstić information content (AvgIpc) is 2.76. The number of esters is 2. The molecule has 9 heteroatoms. The van der Waals surface area contributed by atoms with E-state index in [0.29, 0.717) is 0 Å². The summed E-state index contributed by atoms with van der Waals surface area (Å²) in [7, 11) is 0. The van der Waals surface area contributed by atoms with E-state index < -0.39 is 17.9 Å². The maximum atomic E-state index is 12.5. The molecule has 0 spiro atoms. The van der Waals surface area contributed by atoms with Gasteiger partial charge in [-0.25, -0.2) is 4.98 Å². The number of anilines is 3. The fourth-order valence-electron chi connectivity index (χ4n) is 2.88. The van der Waals surface area contributed by atoms with Gasteiger partial charge in [-0.3, -0.25) is 14.5 Å². The summed E-state index contributed by atoms with van der Waals surface area (Å²) < 4.78 is 10.1. The Kier molecular flexibility index (Phi) is 7.50. The molecule has 0 N–H and O–H groups in total. The minimum atomic E-state index is -1.48. The summed E-state index contributed by atoms with van der Waals surface area (Å²) >= 11 is 6.18. The standard InChI is InChI=1S/C22H21ClN4O4/c1-3-30-19(28)17(20(29)31-4-2)18-24-21(23)26-22(25-18)27(15-11-7-5-8-12-15)16-13-9-6-10-14-16/h5-14,17H,3-4H2,1-2H3. The number of hydrogen-bond acceptors (Lipinski definition) is 8. The maximum Gasteiger partial charge on any atom is 0.328 e. The van der Waals surface area contributed by atoms with Gasteiger partial charge in [0.05, 0.1) is 13.2 Å². The predicted octanol–water partition coefficient (Wildman–Crippen LogP) is 4.20. The monoisotopic (exact) mass is 440 g/mol. The molecule has 1 aromatic heterocycles. The Morgan fingerprint density at radius 1 is 0.839 bits per heavy atom. The van der Waals surface area contributed by atoms with Crippen molar-refractivity contribution >= 4 is 40.9 Å². The highest BCUT2D eigenvalue weighted by Crippen LogP contribution is 2.33. The average molecular weight is 441 g/mol. The van der Waals surface area contributed by atoms with Crippen LogP contribution in [0.25, 0.3) is 0 Å². The number of rotatable bonds is 8. The van der Waals surface area contributed by atoms with Gasteiger partial charge in [-0.05, 0) is 49.7 Å². The lowest BCUT2D eigenvalue weighted by molar-refractivity contribution is -0.157. The molecule has 3 rings (SSSR count). The normalized spacial score (nSPS) is 10.6. The molecule has 0 saturated carbocycles. The van der Waals surface area contributed by atoms with Gasteiger partial charge in [0.2, 0.25) is 17.1 Å². The van der Waals surface area contributed by atoms with E-state index in [1.165, 1.54) is 0 Å². The molecule has 0 atom stereocenters. The second-order valence-electron chi connectivity index (χ2n) is 6.21. The van der Waals surface area contributed by atoms with Crippen LogP contribution in [0.5, 0.6) is 0 Å². The number of benzene rings is 2. The largest absolute Gasteiger partial charge is 0.465 e. The van der Waals surface area contributed by atoms with E-state index in [0.717, 1.165) is 11.4 Å². The molecule has 0 bridgehead atoms. The predicted molar refractivity (Wildman–Crippen MR) is 116 cm³/mol. The highest BCUT2D eigenvalue weighted by molar-refractivity contribution is 6.28. The molecule has 0 radical (unpaired) electrons. The smallest absolute Gasteiger partial charge is 0.328 e. The van der Waals surface area contributed by atoms with Gasteiger partial charge in [-0.15, -0.1) is 0 Å². The van der Waals surface area contributed by atoms with Crippen LogP contribution in [0.15, 0.2) is 60.7 Å². The zero-order valence-corrected chi connectivity index (χ0v) is 17.8. The van der Waals surface area contributed by atoms with Gasteiger partial charge in [0.1, 0.15) is 0 Å². The van der Waals surface area contributed by atoms with E-state index >= 15 is 0 Å². The number of carbonyl (C=O) groups excluding carboxylic acids is 2. The second-order valence-corrected chi connectivity index (χ2v) is 6.54. The van der Waals surface area contributed by atoms with Crippen LogP contribution in [-0.4, -0.2) is 40.1 Å². The molecule has 160 valence electrons. The highest BCUT2D eigenvalue weighted by Gasteiger charge is 2.35. The second kappa shape index (κ2) is 10.5. The number of hydrogen-bond donors (Lipinski definition) is 0. The first kappa shape index (κ1) is 22.2. The molecule has 0 aliphatic carbocycles. The number of para-hydroxylation sites is 2. The summed E-state index contributed by atoms with van der Waals surface area (Å²) in [6.07, 6.45) is 0. The molecule has 0 aliphatic rings. The van der Waals surface area contributed by atoms with Crippen LogP contribution in [0.4, 0.5) is 17.3 Å². The molecule has 3 aromatic rings. The molecule has 0 amide bonds. The quantitative estimate of drug-likeness (QED) is 0.380. The maximum absolute atomic E-state index is 12.5. The zero-order valence-electron chi connectivity index (χ0n) is 17.1. The van der Waals surface area contributed by atoms with Crippen molar-refractivity contribution in [1.82, 2.24) is 15.0 Å². The van der Waals surface area contributed by atoms with Crippen molar-refractivity contribution in [2.24, 2.45) is 0 Å². The Morgan fingerprint density at radius 2 is 1.32 bits per heavy atom. The Balaban J connectivity index is 2.14. The van der Waals surface area contributed by atoms with Crippen molar-refractivity contribution in [3.05, 3.63) is 71.8 Å². The highest BCUT2D eigenvalue weighted by atomic mass is 35.5. The molecule has 1 heterocycles. The first-order chi connectivity index (χ1) is 15.0.